The zero-order chi connectivity index (χ0) is 16.1. The van der Waals surface area contributed by atoms with Crippen molar-refractivity contribution in [1.29, 1.82) is 0 Å². The summed E-state index contributed by atoms with van der Waals surface area (Å²) in [5, 5.41) is 4.42. The average Bonchev–Trinajstić information content (AvgIpc) is 3.09. The fourth-order valence-corrected chi connectivity index (χ4v) is 4.73. The van der Waals surface area contributed by atoms with E-state index in [0.29, 0.717) is 12.2 Å². The topological polar surface area (TPSA) is 37.6 Å². The molecule has 0 spiro atoms. The third-order valence-electron chi connectivity index (χ3n) is 4.18. The van der Waals surface area contributed by atoms with Crippen molar-refractivity contribution < 1.29 is 4.79 Å². The van der Waals surface area contributed by atoms with Crippen LogP contribution in [-0.2, 0) is 6.42 Å². The van der Waals surface area contributed by atoms with Crippen molar-refractivity contribution in [3.63, 3.8) is 0 Å². The second kappa shape index (κ2) is 5.61. The van der Waals surface area contributed by atoms with Gasteiger partial charge >= 0.3 is 0 Å². The largest absolute Gasteiger partial charge is 0.329 e. The molecule has 0 aromatic carbocycles. The zero-order valence-electron chi connectivity index (χ0n) is 12.3. The number of carbonyl (C=O) groups excluding carboxylic acids is 1. The molecule has 118 valence electrons. The molecular formula is C16H13BrClN3OS. The smallest absolute Gasteiger partial charge is 0.274 e. The maximum absolute atomic E-state index is 12.9. The van der Waals surface area contributed by atoms with Gasteiger partial charge in [-0.25, -0.2) is 4.52 Å². The van der Waals surface area contributed by atoms with Crippen LogP contribution in [0, 0.1) is 0 Å². The average molecular weight is 411 g/mol. The van der Waals surface area contributed by atoms with Crippen LogP contribution in [0.1, 0.15) is 33.9 Å². The molecule has 3 aromatic rings. The number of fused-ring (bicyclic) bond motifs is 2. The minimum Gasteiger partial charge on any atom is -0.329 e. The predicted octanol–water partition coefficient (Wildman–Crippen LogP) is 4.57. The van der Waals surface area contributed by atoms with Gasteiger partial charge < -0.3 is 4.90 Å². The van der Waals surface area contributed by atoms with E-state index in [1.165, 1.54) is 10.4 Å². The highest BCUT2D eigenvalue weighted by atomic mass is 79.9. The van der Waals surface area contributed by atoms with E-state index in [-0.39, 0.29) is 11.9 Å². The Morgan fingerprint density at radius 2 is 2.26 bits per heavy atom. The Hall–Kier alpha value is -1.37. The van der Waals surface area contributed by atoms with E-state index >= 15 is 0 Å². The first-order valence-corrected chi connectivity index (χ1v) is 9.25. The molecule has 0 aliphatic carbocycles. The van der Waals surface area contributed by atoms with Gasteiger partial charge in [-0.1, -0.05) is 11.6 Å². The molecule has 0 radical (unpaired) electrons. The van der Waals surface area contributed by atoms with Crippen LogP contribution in [0.3, 0.4) is 0 Å². The Balaban J connectivity index is 1.68. The Kier molecular flexibility index (Phi) is 3.70. The zero-order valence-corrected chi connectivity index (χ0v) is 15.5. The second-order valence-corrected chi connectivity index (χ2v) is 8.24. The summed E-state index contributed by atoms with van der Waals surface area (Å²) in [6.45, 7) is 2.74. The molecule has 0 saturated carbocycles. The lowest BCUT2D eigenvalue weighted by atomic mass is 10.0. The number of pyridine rings is 1. The number of rotatable bonds is 1. The van der Waals surface area contributed by atoms with E-state index in [9.17, 15) is 4.79 Å². The number of carbonyl (C=O) groups is 1. The number of thiophene rings is 1. The maximum Gasteiger partial charge on any atom is 0.274 e. The van der Waals surface area contributed by atoms with Gasteiger partial charge in [-0.3, -0.25) is 4.79 Å². The van der Waals surface area contributed by atoms with E-state index in [0.717, 1.165) is 20.7 Å². The van der Waals surface area contributed by atoms with Gasteiger partial charge in [0.1, 0.15) is 0 Å². The standard InChI is InChI=1S/C16H13BrClN3OS/c1-9-15-10(6-14(18)23-15)4-5-20(9)16(22)13-7-12-3-2-11(17)8-21(12)19-13/h2-3,6-9H,4-5H2,1H3. The van der Waals surface area contributed by atoms with Crippen LogP contribution in [0.25, 0.3) is 5.52 Å². The van der Waals surface area contributed by atoms with Crippen LogP contribution in [-0.4, -0.2) is 27.0 Å². The van der Waals surface area contributed by atoms with Crippen LogP contribution in [0.2, 0.25) is 4.34 Å². The van der Waals surface area contributed by atoms with Gasteiger partial charge in [-0.05, 0) is 59.1 Å². The number of amides is 1. The molecule has 1 amide bonds. The van der Waals surface area contributed by atoms with Crippen LogP contribution in [0.15, 0.2) is 34.9 Å². The Morgan fingerprint density at radius 1 is 1.43 bits per heavy atom. The van der Waals surface area contributed by atoms with Gasteiger partial charge in [0.2, 0.25) is 0 Å². The molecular weight excluding hydrogens is 398 g/mol. The van der Waals surface area contributed by atoms with Crippen molar-refractivity contribution in [2.75, 3.05) is 6.54 Å². The lowest BCUT2D eigenvalue weighted by molar-refractivity contribution is 0.0675. The van der Waals surface area contributed by atoms with E-state index < -0.39 is 0 Å². The summed E-state index contributed by atoms with van der Waals surface area (Å²) in [4.78, 5) is 16.0. The molecule has 4 rings (SSSR count). The fraction of sp³-hybridized carbons (Fsp3) is 0.250. The summed E-state index contributed by atoms with van der Waals surface area (Å²) in [5.41, 5.74) is 2.64. The first kappa shape index (κ1) is 15.2. The van der Waals surface area contributed by atoms with Gasteiger partial charge in [0, 0.05) is 22.1 Å². The fourth-order valence-electron chi connectivity index (χ4n) is 3.02. The molecule has 7 heteroatoms. The van der Waals surface area contributed by atoms with Crippen molar-refractivity contribution in [2.24, 2.45) is 0 Å². The first-order valence-electron chi connectivity index (χ1n) is 7.27. The summed E-state index contributed by atoms with van der Waals surface area (Å²) in [6.07, 6.45) is 2.69. The Labute approximate surface area is 150 Å². The summed E-state index contributed by atoms with van der Waals surface area (Å²) in [5.74, 6) is -0.0347. The summed E-state index contributed by atoms with van der Waals surface area (Å²) < 4.78 is 3.43. The number of aromatic nitrogens is 2. The van der Waals surface area contributed by atoms with E-state index in [4.69, 9.17) is 11.6 Å². The molecule has 4 nitrogen and oxygen atoms in total. The van der Waals surface area contributed by atoms with Gasteiger partial charge in [0.05, 0.1) is 15.9 Å². The van der Waals surface area contributed by atoms with E-state index in [2.05, 4.69) is 28.0 Å². The van der Waals surface area contributed by atoms with Crippen molar-refractivity contribution >= 4 is 50.3 Å². The van der Waals surface area contributed by atoms with E-state index in [1.54, 1.807) is 15.9 Å². The number of nitrogens with zero attached hydrogens (tertiary/aromatic N) is 3. The highest BCUT2D eigenvalue weighted by Gasteiger charge is 2.31. The van der Waals surface area contributed by atoms with Crippen LogP contribution >= 0.6 is 38.9 Å². The van der Waals surface area contributed by atoms with Crippen LogP contribution in [0.5, 0.6) is 0 Å². The summed E-state index contributed by atoms with van der Waals surface area (Å²) in [7, 11) is 0. The number of hydrogen-bond donors (Lipinski definition) is 0. The second-order valence-electron chi connectivity index (χ2n) is 5.61. The first-order chi connectivity index (χ1) is 11.0. The lowest BCUT2D eigenvalue weighted by Gasteiger charge is -2.32. The van der Waals surface area contributed by atoms with Crippen molar-refractivity contribution in [3.8, 4) is 0 Å². The quantitative estimate of drug-likeness (QED) is 0.589. The highest BCUT2D eigenvalue weighted by Crippen LogP contribution is 2.38. The van der Waals surface area contributed by atoms with Crippen molar-refractivity contribution in [2.45, 2.75) is 19.4 Å². The van der Waals surface area contributed by atoms with Crippen molar-refractivity contribution in [3.05, 3.63) is 55.4 Å². The lowest BCUT2D eigenvalue weighted by Crippen LogP contribution is -2.38. The molecule has 0 saturated heterocycles. The molecule has 0 N–H and O–H groups in total. The maximum atomic E-state index is 12.9. The number of hydrogen-bond acceptors (Lipinski definition) is 3. The van der Waals surface area contributed by atoms with E-state index in [1.807, 2.05) is 35.4 Å². The Morgan fingerprint density at radius 3 is 3.09 bits per heavy atom. The molecule has 1 unspecified atom stereocenters. The summed E-state index contributed by atoms with van der Waals surface area (Å²) in [6, 6.07) is 7.75. The molecule has 1 aliphatic heterocycles. The molecule has 1 aliphatic rings. The SMILES string of the molecule is CC1c2sc(Cl)cc2CCN1C(=O)c1cc2ccc(Br)cn2n1. The summed E-state index contributed by atoms with van der Waals surface area (Å²) >= 11 is 11.1. The molecule has 1 atom stereocenters. The van der Waals surface area contributed by atoms with Crippen LogP contribution < -0.4 is 0 Å². The van der Waals surface area contributed by atoms with Crippen molar-refractivity contribution in [1.82, 2.24) is 14.5 Å². The number of halogens is 2. The highest BCUT2D eigenvalue weighted by molar-refractivity contribution is 9.10. The van der Waals surface area contributed by atoms with Crippen LogP contribution in [0.4, 0.5) is 0 Å². The van der Waals surface area contributed by atoms with Gasteiger partial charge in [0.15, 0.2) is 5.69 Å². The third-order valence-corrected chi connectivity index (χ3v) is 6.13. The van der Waals surface area contributed by atoms with Gasteiger partial charge in [-0.15, -0.1) is 11.3 Å². The monoisotopic (exact) mass is 409 g/mol. The predicted molar refractivity (Wildman–Crippen MR) is 95.4 cm³/mol. The third kappa shape index (κ3) is 2.58. The molecule has 23 heavy (non-hydrogen) atoms. The minimum atomic E-state index is -0.0347. The Bertz CT molecular complexity index is 919. The molecule has 3 aromatic heterocycles. The minimum absolute atomic E-state index is 0.0281. The van der Waals surface area contributed by atoms with Gasteiger partial charge in [-0.2, -0.15) is 5.10 Å². The molecule has 0 fully saturated rings. The van der Waals surface area contributed by atoms with Gasteiger partial charge in [0.25, 0.3) is 5.91 Å². The molecule has 4 heterocycles. The normalized spacial score (nSPS) is 17.5. The molecule has 0 bridgehead atoms.